The fraction of sp³-hybridized carbons (Fsp3) is 0.562. The number of rotatable bonds is 4. The van der Waals surface area contributed by atoms with Crippen molar-refractivity contribution in [1.82, 2.24) is 5.32 Å². The van der Waals surface area contributed by atoms with E-state index in [0.717, 1.165) is 31.5 Å². The Morgan fingerprint density at radius 1 is 1.26 bits per heavy atom. The molecule has 0 spiro atoms. The molecule has 1 aliphatic rings. The fourth-order valence-corrected chi connectivity index (χ4v) is 3.66. The third-order valence-electron chi connectivity index (χ3n) is 4.55. The summed E-state index contributed by atoms with van der Waals surface area (Å²) in [6.45, 7) is 6.16. The van der Waals surface area contributed by atoms with Crippen molar-refractivity contribution in [2.24, 2.45) is 17.6 Å². The van der Waals surface area contributed by atoms with Crippen LogP contribution in [0.5, 0.6) is 0 Å². The van der Waals surface area contributed by atoms with Gasteiger partial charge in [0.25, 0.3) is 0 Å². The molecule has 0 aliphatic carbocycles. The quantitative estimate of drug-likeness (QED) is 0.870. The van der Waals surface area contributed by atoms with Crippen molar-refractivity contribution < 1.29 is 4.79 Å². The summed E-state index contributed by atoms with van der Waals surface area (Å²) in [5, 5.41) is 3.36. The van der Waals surface area contributed by atoms with Gasteiger partial charge in [0.05, 0.1) is 5.41 Å². The topological polar surface area (TPSA) is 55.1 Å². The van der Waals surface area contributed by atoms with Gasteiger partial charge in [-0.15, -0.1) is 0 Å². The maximum Gasteiger partial charge on any atom is 0.228 e. The summed E-state index contributed by atoms with van der Waals surface area (Å²) >= 11 is 0. The van der Waals surface area contributed by atoms with Gasteiger partial charge in [-0.05, 0) is 43.3 Å². The van der Waals surface area contributed by atoms with E-state index in [2.05, 4.69) is 19.2 Å². The van der Waals surface area contributed by atoms with Crippen LogP contribution in [0.2, 0.25) is 0 Å². The molecule has 0 bridgehead atoms. The molecule has 3 nitrogen and oxygen atoms in total. The van der Waals surface area contributed by atoms with E-state index in [1.165, 1.54) is 0 Å². The molecule has 104 valence electrons. The smallest absolute Gasteiger partial charge is 0.228 e. The standard InChI is InChI=1S/C16H24N2O/c1-12(2)16(15(17)19,13-6-4-3-5-7-13)14-8-10-18-11-9-14/h3-7,12,14,18H,8-11H2,1-2H3,(H2,17,19). The van der Waals surface area contributed by atoms with Gasteiger partial charge in [-0.3, -0.25) is 4.79 Å². The SMILES string of the molecule is CC(C)C(C(N)=O)(c1ccccc1)C1CCNCC1. The molecule has 1 heterocycles. The maximum absolute atomic E-state index is 12.4. The molecule has 1 aliphatic heterocycles. The number of piperidine rings is 1. The second kappa shape index (κ2) is 5.74. The summed E-state index contributed by atoms with van der Waals surface area (Å²) in [7, 11) is 0. The van der Waals surface area contributed by atoms with Crippen molar-refractivity contribution in [2.75, 3.05) is 13.1 Å². The zero-order valence-electron chi connectivity index (χ0n) is 11.9. The first-order valence-electron chi connectivity index (χ1n) is 7.16. The summed E-state index contributed by atoms with van der Waals surface area (Å²) in [6, 6.07) is 10.1. The Kier molecular flexibility index (Phi) is 4.25. The van der Waals surface area contributed by atoms with E-state index in [-0.39, 0.29) is 11.8 Å². The minimum atomic E-state index is -0.538. The van der Waals surface area contributed by atoms with Crippen LogP contribution in [-0.2, 0) is 10.2 Å². The summed E-state index contributed by atoms with van der Waals surface area (Å²) in [5.41, 5.74) is 6.41. The zero-order valence-corrected chi connectivity index (χ0v) is 11.9. The zero-order chi connectivity index (χ0) is 13.9. The van der Waals surface area contributed by atoms with Gasteiger partial charge < -0.3 is 11.1 Å². The number of amides is 1. The lowest BCUT2D eigenvalue weighted by atomic mass is 9.60. The van der Waals surface area contributed by atoms with E-state index in [1.54, 1.807) is 0 Å². The molecule has 2 rings (SSSR count). The van der Waals surface area contributed by atoms with Crippen LogP contribution in [0, 0.1) is 11.8 Å². The lowest BCUT2D eigenvalue weighted by Crippen LogP contribution is -2.53. The van der Waals surface area contributed by atoms with Crippen molar-refractivity contribution in [3.05, 3.63) is 35.9 Å². The van der Waals surface area contributed by atoms with E-state index in [1.807, 2.05) is 30.3 Å². The normalized spacial score (nSPS) is 20.2. The maximum atomic E-state index is 12.4. The van der Waals surface area contributed by atoms with Crippen LogP contribution in [0.4, 0.5) is 0 Å². The molecule has 1 aromatic rings. The number of benzene rings is 1. The predicted molar refractivity (Wildman–Crippen MR) is 77.7 cm³/mol. The van der Waals surface area contributed by atoms with E-state index >= 15 is 0 Å². The van der Waals surface area contributed by atoms with Gasteiger partial charge in [-0.2, -0.15) is 0 Å². The average Bonchev–Trinajstić information content (AvgIpc) is 2.41. The summed E-state index contributed by atoms with van der Waals surface area (Å²) in [4.78, 5) is 12.4. The van der Waals surface area contributed by atoms with Crippen LogP contribution in [0.3, 0.4) is 0 Å². The third-order valence-corrected chi connectivity index (χ3v) is 4.55. The number of carbonyl (C=O) groups is 1. The van der Waals surface area contributed by atoms with Gasteiger partial charge >= 0.3 is 0 Å². The average molecular weight is 260 g/mol. The Hall–Kier alpha value is -1.35. The molecular formula is C16H24N2O. The molecule has 0 saturated carbocycles. The first kappa shape index (κ1) is 14.1. The highest BCUT2D eigenvalue weighted by atomic mass is 16.1. The number of carbonyl (C=O) groups excluding carboxylic acids is 1. The number of primary amides is 1. The van der Waals surface area contributed by atoms with Gasteiger partial charge in [0.15, 0.2) is 0 Å². The van der Waals surface area contributed by atoms with Gasteiger partial charge in [-0.1, -0.05) is 44.2 Å². The molecule has 1 amide bonds. The second-order valence-corrected chi connectivity index (χ2v) is 5.78. The molecule has 1 aromatic carbocycles. The molecule has 1 fully saturated rings. The third kappa shape index (κ3) is 2.39. The predicted octanol–water partition coefficient (Wildman–Crippen LogP) is 2.07. The fourth-order valence-electron chi connectivity index (χ4n) is 3.66. The highest BCUT2D eigenvalue weighted by molar-refractivity contribution is 5.87. The Balaban J connectivity index is 2.50. The van der Waals surface area contributed by atoms with Crippen molar-refractivity contribution in [3.8, 4) is 0 Å². The van der Waals surface area contributed by atoms with Gasteiger partial charge in [0, 0.05) is 0 Å². The molecule has 1 atom stereocenters. The van der Waals surface area contributed by atoms with Crippen molar-refractivity contribution in [1.29, 1.82) is 0 Å². The Bertz CT molecular complexity index is 424. The molecule has 1 saturated heterocycles. The Morgan fingerprint density at radius 3 is 2.32 bits per heavy atom. The molecule has 3 heteroatoms. The molecule has 1 unspecified atom stereocenters. The van der Waals surface area contributed by atoms with Crippen LogP contribution in [0.1, 0.15) is 32.3 Å². The van der Waals surface area contributed by atoms with Crippen LogP contribution < -0.4 is 11.1 Å². The van der Waals surface area contributed by atoms with E-state index in [4.69, 9.17) is 5.73 Å². The summed E-state index contributed by atoms with van der Waals surface area (Å²) in [6.07, 6.45) is 2.02. The van der Waals surface area contributed by atoms with E-state index in [0.29, 0.717) is 5.92 Å². The molecule has 0 aromatic heterocycles. The number of hydrogen-bond donors (Lipinski definition) is 2. The van der Waals surface area contributed by atoms with Crippen molar-refractivity contribution >= 4 is 5.91 Å². The number of nitrogens with one attached hydrogen (secondary N) is 1. The highest BCUT2D eigenvalue weighted by Crippen LogP contribution is 2.43. The molecular weight excluding hydrogens is 236 g/mol. The minimum Gasteiger partial charge on any atom is -0.369 e. The van der Waals surface area contributed by atoms with E-state index in [9.17, 15) is 4.79 Å². The Morgan fingerprint density at radius 2 is 1.84 bits per heavy atom. The number of nitrogens with two attached hydrogens (primary N) is 1. The Labute approximate surface area is 115 Å². The second-order valence-electron chi connectivity index (χ2n) is 5.78. The lowest BCUT2D eigenvalue weighted by Gasteiger charge is -2.44. The van der Waals surface area contributed by atoms with E-state index < -0.39 is 5.41 Å². The van der Waals surface area contributed by atoms with Crippen molar-refractivity contribution in [3.63, 3.8) is 0 Å². The first-order valence-corrected chi connectivity index (χ1v) is 7.16. The van der Waals surface area contributed by atoms with Gasteiger partial charge in [0.1, 0.15) is 0 Å². The largest absolute Gasteiger partial charge is 0.369 e. The van der Waals surface area contributed by atoms with Gasteiger partial charge in [0.2, 0.25) is 5.91 Å². The van der Waals surface area contributed by atoms with Crippen molar-refractivity contribution in [2.45, 2.75) is 32.1 Å². The molecule has 19 heavy (non-hydrogen) atoms. The highest BCUT2D eigenvalue weighted by Gasteiger charge is 2.48. The van der Waals surface area contributed by atoms with Crippen LogP contribution >= 0.6 is 0 Å². The number of hydrogen-bond acceptors (Lipinski definition) is 2. The minimum absolute atomic E-state index is 0.180. The summed E-state index contributed by atoms with van der Waals surface area (Å²) < 4.78 is 0. The first-order chi connectivity index (χ1) is 9.10. The van der Waals surface area contributed by atoms with Crippen LogP contribution in [-0.4, -0.2) is 19.0 Å². The summed E-state index contributed by atoms with van der Waals surface area (Å²) in [5.74, 6) is 0.352. The molecule has 3 N–H and O–H groups in total. The molecule has 0 radical (unpaired) electrons. The van der Waals surface area contributed by atoms with Crippen LogP contribution in [0.15, 0.2) is 30.3 Å². The van der Waals surface area contributed by atoms with Gasteiger partial charge in [-0.25, -0.2) is 0 Å². The lowest BCUT2D eigenvalue weighted by molar-refractivity contribution is -0.128. The monoisotopic (exact) mass is 260 g/mol. The van der Waals surface area contributed by atoms with Crippen LogP contribution in [0.25, 0.3) is 0 Å².